The van der Waals surface area contributed by atoms with E-state index in [4.69, 9.17) is 0 Å². The molecule has 2 aromatic carbocycles. The normalized spacial score (nSPS) is 12.2. The summed E-state index contributed by atoms with van der Waals surface area (Å²) >= 11 is 0. The highest BCUT2D eigenvalue weighted by molar-refractivity contribution is 5.89. The first-order valence-corrected chi connectivity index (χ1v) is 7.17. The van der Waals surface area contributed by atoms with E-state index in [1.807, 2.05) is 0 Å². The van der Waals surface area contributed by atoms with E-state index in [2.05, 4.69) is 9.97 Å². The van der Waals surface area contributed by atoms with Crippen molar-refractivity contribution in [2.24, 2.45) is 0 Å². The molecule has 0 unspecified atom stereocenters. The van der Waals surface area contributed by atoms with E-state index < -0.39 is 17.3 Å². The smallest absolute Gasteiger partial charge is 0.305 e. The maximum absolute atomic E-state index is 13.1. The lowest BCUT2D eigenvalue weighted by Gasteiger charge is -2.10. The first kappa shape index (κ1) is 16.5. The molecule has 0 saturated heterocycles. The minimum atomic E-state index is -4.56. The van der Waals surface area contributed by atoms with Crippen LogP contribution in [-0.2, 0) is 6.18 Å². The molecule has 0 atom stereocenters. The summed E-state index contributed by atoms with van der Waals surface area (Å²) in [7, 11) is 0. The number of aromatic amines is 1. The summed E-state index contributed by atoms with van der Waals surface area (Å²) in [6.45, 7) is 0. The molecule has 1 aromatic heterocycles. The first-order valence-electron chi connectivity index (χ1n) is 7.17. The summed E-state index contributed by atoms with van der Waals surface area (Å²) in [5.41, 5.74) is -1.33. The Labute approximate surface area is 139 Å². The molecule has 0 radical (unpaired) electrons. The van der Waals surface area contributed by atoms with Crippen molar-refractivity contribution in [3.63, 3.8) is 0 Å². The Morgan fingerprint density at radius 3 is 2.52 bits per heavy atom. The van der Waals surface area contributed by atoms with Crippen LogP contribution in [-0.4, -0.2) is 9.97 Å². The molecule has 3 rings (SSSR count). The average Bonchev–Trinajstić information content (AvgIpc) is 2.59. The van der Waals surface area contributed by atoms with Crippen LogP contribution < -0.4 is 5.56 Å². The van der Waals surface area contributed by atoms with Crippen LogP contribution in [0.2, 0.25) is 0 Å². The van der Waals surface area contributed by atoms with Crippen molar-refractivity contribution in [3.05, 3.63) is 75.8 Å². The molecule has 0 aliphatic heterocycles. The number of halogens is 3. The number of para-hydroxylation sites is 1. The molecule has 1 N–H and O–H groups in total. The van der Waals surface area contributed by atoms with Crippen molar-refractivity contribution in [1.29, 1.82) is 5.26 Å². The number of rotatable bonds is 2. The second-order valence-electron chi connectivity index (χ2n) is 5.19. The van der Waals surface area contributed by atoms with Gasteiger partial charge in [-0.05, 0) is 29.8 Å². The second-order valence-corrected chi connectivity index (χ2v) is 5.19. The van der Waals surface area contributed by atoms with Gasteiger partial charge in [0.2, 0.25) is 0 Å². The van der Waals surface area contributed by atoms with Gasteiger partial charge in [-0.2, -0.15) is 18.4 Å². The van der Waals surface area contributed by atoms with Gasteiger partial charge in [0.1, 0.15) is 6.07 Å². The fourth-order valence-corrected chi connectivity index (χ4v) is 2.40. The lowest BCUT2D eigenvalue weighted by Crippen LogP contribution is -2.11. The highest BCUT2D eigenvalue weighted by Gasteiger charge is 2.32. The molecule has 0 aliphatic carbocycles. The number of alkyl halides is 3. The number of nitrogens with zero attached hydrogens (tertiary/aromatic N) is 2. The molecule has 1 heterocycles. The lowest BCUT2D eigenvalue weighted by atomic mass is 10.0. The average molecular weight is 341 g/mol. The third-order valence-electron chi connectivity index (χ3n) is 3.55. The highest BCUT2D eigenvalue weighted by Crippen LogP contribution is 2.33. The van der Waals surface area contributed by atoms with E-state index >= 15 is 0 Å². The van der Waals surface area contributed by atoms with Crippen LogP contribution in [0.3, 0.4) is 0 Å². The van der Waals surface area contributed by atoms with Crippen LogP contribution >= 0.6 is 0 Å². The maximum Gasteiger partial charge on any atom is 0.416 e. The molecular weight excluding hydrogens is 331 g/mol. The number of H-pyrrole nitrogens is 1. The van der Waals surface area contributed by atoms with Gasteiger partial charge >= 0.3 is 6.18 Å². The van der Waals surface area contributed by atoms with Gasteiger partial charge in [0, 0.05) is 0 Å². The van der Waals surface area contributed by atoms with Crippen LogP contribution in [0.1, 0.15) is 17.0 Å². The van der Waals surface area contributed by atoms with Crippen LogP contribution in [0.5, 0.6) is 0 Å². The number of fused-ring (bicyclic) bond motifs is 1. The van der Waals surface area contributed by atoms with Crippen molar-refractivity contribution in [2.75, 3.05) is 0 Å². The van der Waals surface area contributed by atoms with Gasteiger partial charge in [-0.15, -0.1) is 0 Å². The molecule has 0 saturated carbocycles. The van der Waals surface area contributed by atoms with Gasteiger partial charge < -0.3 is 4.98 Å². The van der Waals surface area contributed by atoms with Crippen LogP contribution in [0.4, 0.5) is 13.2 Å². The summed E-state index contributed by atoms with van der Waals surface area (Å²) in [6, 6.07) is 13.2. The quantitative estimate of drug-likeness (QED) is 0.716. The Bertz CT molecular complexity index is 1080. The molecule has 0 bridgehead atoms. The van der Waals surface area contributed by atoms with Crippen molar-refractivity contribution >= 4 is 22.6 Å². The zero-order chi connectivity index (χ0) is 18.0. The molecule has 0 spiro atoms. The Hall–Kier alpha value is -3.40. The number of hydrogen-bond donors (Lipinski definition) is 1. The second kappa shape index (κ2) is 6.24. The Balaban J connectivity index is 2.19. The van der Waals surface area contributed by atoms with Gasteiger partial charge in [0.15, 0.2) is 5.82 Å². The van der Waals surface area contributed by atoms with Gasteiger partial charge in [-0.3, -0.25) is 4.79 Å². The minimum Gasteiger partial charge on any atom is -0.305 e. The number of nitriles is 1. The standard InChI is InChI=1S/C18H10F3N3O/c19-18(20,21)14-7-3-1-5-11(14)9-12(10-22)16-23-15-8-4-2-6-13(15)17(25)24-16/h1-9H,(H,23,24,25). The number of benzene rings is 2. The van der Waals surface area contributed by atoms with Crippen molar-refractivity contribution in [3.8, 4) is 6.07 Å². The Morgan fingerprint density at radius 2 is 1.80 bits per heavy atom. The topological polar surface area (TPSA) is 69.5 Å². The van der Waals surface area contributed by atoms with Crippen LogP contribution in [0.15, 0.2) is 53.3 Å². The third kappa shape index (κ3) is 3.28. The summed E-state index contributed by atoms with van der Waals surface area (Å²) in [6.07, 6.45) is -3.49. The molecule has 124 valence electrons. The summed E-state index contributed by atoms with van der Waals surface area (Å²) < 4.78 is 39.3. The fourth-order valence-electron chi connectivity index (χ4n) is 2.40. The first-order chi connectivity index (χ1) is 11.9. The summed E-state index contributed by atoms with van der Waals surface area (Å²) in [5, 5.41) is 9.67. The molecule has 0 aliphatic rings. The van der Waals surface area contributed by atoms with E-state index in [0.29, 0.717) is 10.9 Å². The van der Waals surface area contributed by atoms with E-state index in [9.17, 15) is 23.2 Å². The minimum absolute atomic E-state index is 0.0804. The van der Waals surface area contributed by atoms with Crippen LogP contribution in [0, 0.1) is 11.3 Å². The van der Waals surface area contributed by atoms with E-state index in [0.717, 1.165) is 12.1 Å². The molecule has 0 fully saturated rings. The number of aromatic nitrogens is 2. The number of nitrogens with one attached hydrogen (secondary N) is 1. The third-order valence-corrected chi connectivity index (χ3v) is 3.55. The fraction of sp³-hybridized carbons (Fsp3) is 0.0556. The predicted molar refractivity (Wildman–Crippen MR) is 87.3 cm³/mol. The zero-order valence-electron chi connectivity index (χ0n) is 12.6. The Morgan fingerprint density at radius 1 is 1.12 bits per heavy atom. The van der Waals surface area contributed by atoms with Crippen molar-refractivity contribution in [2.45, 2.75) is 6.18 Å². The van der Waals surface area contributed by atoms with Crippen molar-refractivity contribution < 1.29 is 13.2 Å². The van der Waals surface area contributed by atoms with Gasteiger partial charge in [-0.1, -0.05) is 30.3 Å². The lowest BCUT2D eigenvalue weighted by molar-refractivity contribution is -0.137. The predicted octanol–water partition coefficient (Wildman–Crippen LogP) is 4.01. The van der Waals surface area contributed by atoms with Gasteiger partial charge in [0.25, 0.3) is 5.56 Å². The molecule has 0 amide bonds. The van der Waals surface area contributed by atoms with Gasteiger partial charge in [0.05, 0.1) is 22.0 Å². The molecule has 4 nitrogen and oxygen atoms in total. The Kier molecular flexibility index (Phi) is 4.11. The largest absolute Gasteiger partial charge is 0.416 e. The van der Waals surface area contributed by atoms with E-state index in [1.165, 1.54) is 18.2 Å². The van der Waals surface area contributed by atoms with Gasteiger partial charge in [-0.25, -0.2) is 4.98 Å². The van der Waals surface area contributed by atoms with Crippen LogP contribution in [0.25, 0.3) is 22.6 Å². The zero-order valence-corrected chi connectivity index (χ0v) is 12.6. The van der Waals surface area contributed by atoms with E-state index in [-0.39, 0.29) is 17.0 Å². The van der Waals surface area contributed by atoms with Crippen molar-refractivity contribution in [1.82, 2.24) is 9.97 Å². The number of hydrogen-bond acceptors (Lipinski definition) is 3. The molecule has 3 aromatic rings. The molecule has 7 heteroatoms. The SMILES string of the molecule is N#CC(=Cc1ccccc1C(F)(F)F)c1nc2ccccc2c(=O)[nH]1. The highest BCUT2D eigenvalue weighted by atomic mass is 19.4. The molecular formula is C18H10F3N3O. The monoisotopic (exact) mass is 341 g/mol. The number of allylic oxidation sites excluding steroid dienone is 1. The van der Waals surface area contributed by atoms with E-state index in [1.54, 1.807) is 30.3 Å². The summed E-state index contributed by atoms with van der Waals surface area (Å²) in [4.78, 5) is 18.7. The summed E-state index contributed by atoms with van der Waals surface area (Å²) in [5.74, 6) is -0.0804. The maximum atomic E-state index is 13.1. The molecule has 25 heavy (non-hydrogen) atoms.